The molecule has 0 amide bonds. The minimum absolute atomic E-state index is 0.0265. The van der Waals surface area contributed by atoms with Gasteiger partial charge in [0.1, 0.15) is 5.82 Å². The summed E-state index contributed by atoms with van der Waals surface area (Å²) in [5.74, 6) is 0.483. The van der Waals surface area contributed by atoms with Crippen molar-refractivity contribution in [3.05, 3.63) is 110 Å². The van der Waals surface area contributed by atoms with Crippen molar-refractivity contribution in [3.63, 3.8) is 0 Å². The SMILES string of the molecule is Cc1cc(C)c(C2C(C#N)=C(N)N(c3cccnc3Cl)C3=C2C(=O)CC(C)(C)C3)cc1CSc1ccc(Cl)cc1. The summed E-state index contributed by atoms with van der Waals surface area (Å²) in [6.45, 7) is 8.28. The van der Waals surface area contributed by atoms with Crippen molar-refractivity contribution in [2.75, 3.05) is 4.90 Å². The molecule has 0 saturated heterocycles. The first-order chi connectivity index (χ1) is 19.0. The zero-order chi connectivity index (χ0) is 28.8. The Morgan fingerprint density at radius 1 is 1.12 bits per heavy atom. The second-order valence-corrected chi connectivity index (χ2v) is 13.0. The Labute approximate surface area is 249 Å². The third kappa shape index (κ3) is 5.26. The van der Waals surface area contributed by atoms with Crippen LogP contribution in [0.25, 0.3) is 0 Å². The molecule has 40 heavy (non-hydrogen) atoms. The molecular weight excluding hydrogens is 559 g/mol. The van der Waals surface area contributed by atoms with E-state index in [0.717, 1.165) is 38.6 Å². The fourth-order valence-electron chi connectivity index (χ4n) is 5.71. The Balaban J connectivity index is 1.67. The molecule has 0 radical (unpaired) electrons. The van der Waals surface area contributed by atoms with Crippen LogP contribution in [0.2, 0.25) is 10.2 Å². The van der Waals surface area contributed by atoms with Gasteiger partial charge in [0.2, 0.25) is 0 Å². The van der Waals surface area contributed by atoms with Crippen LogP contribution in [0.1, 0.15) is 54.9 Å². The number of nitrogens with two attached hydrogens (primary N) is 1. The molecule has 204 valence electrons. The number of aryl methyl sites for hydroxylation is 2. The molecule has 1 atom stereocenters. The van der Waals surface area contributed by atoms with Gasteiger partial charge in [0, 0.05) is 39.6 Å². The summed E-state index contributed by atoms with van der Waals surface area (Å²) < 4.78 is 0. The number of pyridine rings is 1. The molecule has 0 bridgehead atoms. The molecule has 1 unspecified atom stereocenters. The van der Waals surface area contributed by atoms with E-state index in [1.165, 1.54) is 0 Å². The maximum atomic E-state index is 13.9. The lowest BCUT2D eigenvalue weighted by molar-refractivity contribution is -0.118. The molecule has 1 aliphatic heterocycles. The normalized spacial score (nSPS) is 18.6. The standard InChI is InChI=1S/C32H30Cl2N4OS/c1-18-12-19(2)23(13-20(18)17-40-22-9-7-21(33)8-10-22)28-24(16-35)31(36)38(25-6-5-11-37-30(25)34)26-14-32(3,4)15-27(39)29(26)28/h5-13,28H,14-15,17,36H2,1-4H3. The van der Waals surface area contributed by atoms with Gasteiger partial charge in [0.15, 0.2) is 10.9 Å². The third-order valence-electron chi connectivity index (χ3n) is 7.60. The van der Waals surface area contributed by atoms with E-state index in [1.807, 2.05) is 37.3 Å². The summed E-state index contributed by atoms with van der Waals surface area (Å²) in [5.41, 5.74) is 13.1. The van der Waals surface area contributed by atoms with Crippen LogP contribution in [0.4, 0.5) is 5.69 Å². The van der Waals surface area contributed by atoms with Gasteiger partial charge < -0.3 is 5.73 Å². The Morgan fingerprint density at radius 2 is 1.85 bits per heavy atom. The highest BCUT2D eigenvalue weighted by atomic mass is 35.5. The van der Waals surface area contributed by atoms with E-state index in [9.17, 15) is 10.1 Å². The van der Waals surface area contributed by atoms with Crippen LogP contribution in [0.5, 0.6) is 0 Å². The lowest BCUT2D eigenvalue weighted by Crippen LogP contribution is -2.42. The van der Waals surface area contributed by atoms with Gasteiger partial charge >= 0.3 is 0 Å². The predicted molar refractivity (Wildman–Crippen MR) is 163 cm³/mol. The van der Waals surface area contributed by atoms with Crippen molar-refractivity contribution < 1.29 is 4.79 Å². The number of anilines is 1. The highest BCUT2D eigenvalue weighted by Crippen LogP contribution is 2.51. The highest BCUT2D eigenvalue weighted by Gasteiger charge is 2.45. The Hall–Kier alpha value is -3.24. The number of aromatic nitrogens is 1. The zero-order valence-corrected chi connectivity index (χ0v) is 25.2. The first-order valence-electron chi connectivity index (χ1n) is 13.1. The van der Waals surface area contributed by atoms with Crippen molar-refractivity contribution >= 4 is 46.4 Å². The van der Waals surface area contributed by atoms with Gasteiger partial charge in [-0.05, 0) is 84.3 Å². The van der Waals surface area contributed by atoms with E-state index in [1.54, 1.807) is 28.9 Å². The molecule has 0 spiro atoms. The van der Waals surface area contributed by atoms with Crippen molar-refractivity contribution in [1.29, 1.82) is 5.26 Å². The lowest BCUT2D eigenvalue weighted by atomic mass is 9.68. The molecule has 0 saturated carbocycles. The molecular formula is C32H30Cl2N4OS. The second kappa shape index (κ2) is 11.0. The number of hydrogen-bond acceptors (Lipinski definition) is 6. The molecule has 5 nitrogen and oxygen atoms in total. The Kier molecular flexibility index (Phi) is 7.76. The first kappa shape index (κ1) is 28.3. The van der Waals surface area contributed by atoms with Crippen LogP contribution in [0.15, 0.2) is 82.3 Å². The first-order valence-corrected chi connectivity index (χ1v) is 14.8. The number of halogens is 2. The van der Waals surface area contributed by atoms with Crippen molar-refractivity contribution in [3.8, 4) is 6.07 Å². The number of ketones is 1. The fourth-order valence-corrected chi connectivity index (χ4v) is 7.01. The minimum atomic E-state index is -0.560. The summed E-state index contributed by atoms with van der Waals surface area (Å²) in [6.07, 6.45) is 2.60. The maximum absolute atomic E-state index is 13.9. The summed E-state index contributed by atoms with van der Waals surface area (Å²) in [5, 5.41) is 11.4. The van der Waals surface area contributed by atoms with Gasteiger partial charge in [-0.15, -0.1) is 11.8 Å². The predicted octanol–water partition coefficient (Wildman–Crippen LogP) is 8.24. The highest BCUT2D eigenvalue weighted by molar-refractivity contribution is 7.98. The molecule has 0 fully saturated rings. The fraction of sp³-hybridized carbons (Fsp3) is 0.281. The number of carbonyl (C=O) groups excluding carboxylic acids is 1. The summed E-state index contributed by atoms with van der Waals surface area (Å²) in [6, 6.07) is 18.0. The molecule has 1 aromatic heterocycles. The molecule has 2 heterocycles. The van der Waals surface area contributed by atoms with Crippen LogP contribution in [-0.4, -0.2) is 10.8 Å². The monoisotopic (exact) mass is 588 g/mol. The average Bonchev–Trinajstić information content (AvgIpc) is 2.89. The van der Waals surface area contributed by atoms with Gasteiger partial charge in [-0.25, -0.2) is 4.98 Å². The van der Waals surface area contributed by atoms with E-state index in [4.69, 9.17) is 28.9 Å². The second-order valence-electron chi connectivity index (χ2n) is 11.2. The number of benzene rings is 2. The molecule has 1 aliphatic carbocycles. The molecule has 2 aromatic carbocycles. The number of Topliss-reactive ketones (excluding diaryl/α,β-unsaturated/α-hetero) is 1. The summed E-state index contributed by atoms with van der Waals surface area (Å²) >= 11 is 14.3. The zero-order valence-electron chi connectivity index (χ0n) is 22.9. The molecule has 2 aliphatic rings. The van der Waals surface area contributed by atoms with Crippen LogP contribution in [0, 0.1) is 30.6 Å². The number of hydrogen-bond donors (Lipinski definition) is 1. The van der Waals surface area contributed by atoms with Gasteiger partial charge in [-0.1, -0.05) is 49.2 Å². The van der Waals surface area contributed by atoms with E-state index < -0.39 is 5.92 Å². The van der Waals surface area contributed by atoms with Gasteiger partial charge in [0.25, 0.3) is 0 Å². The molecule has 8 heteroatoms. The van der Waals surface area contributed by atoms with Gasteiger partial charge in [-0.2, -0.15) is 5.26 Å². The smallest absolute Gasteiger partial charge is 0.162 e. The Bertz CT molecular complexity index is 1620. The largest absolute Gasteiger partial charge is 0.384 e. The topological polar surface area (TPSA) is 83.0 Å². The quantitative estimate of drug-likeness (QED) is 0.238. The van der Waals surface area contributed by atoms with Crippen LogP contribution in [-0.2, 0) is 10.5 Å². The number of carbonyl (C=O) groups is 1. The van der Waals surface area contributed by atoms with Crippen molar-refractivity contribution in [2.24, 2.45) is 11.1 Å². The van der Waals surface area contributed by atoms with Crippen molar-refractivity contribution in [2.45, 2.75) is 57.1 Å². The van der Waals surface area contributed by atoms with Crippen LogP contribution in [0.3, 0.4) is 0 Å². The number of thioether (sulfide) groups is 1. The number of allylic oxidation sites excluding steroid dienone is 3. The minimum Gasteiger partial charge on any atom is -0.384 e. The number of rotatable bonds is 5. The lowest BCUT2D eigenvalue weighted by Gasteiger charge is -2.44. The maximum Gasteiger partial charge on any atom is 0.162 e. The van der Waals surface area contributed by atoms with Crippen molar-refractivity contribution in [1.82, 2.24) is 4.98 Å². The van der Waals surface area contributed by atoms with E-state index >= 15 is 0 Å². The van der Waals surface area contributed by atoms with Gasteiger partial charge in [0.05, 0.1) is 23.2 Å². The summed E-state index contributed by atoms with van der Waals surface area (Å²) in [7, 11) is 0. The van der Waals surface area contributed by atoms with Crippen LogP contribution < -0.4 is 10.6 Å². The Morgan fingerprint density at radius 3 is 2.52 bits per heavy atom. The van der Waals surface area contributed by atoms with Crippen LogP contribution >= 0.6 is 35.0 Å². The molecule has 3 aromatic rings. The molecule has 2 N–H and O–H groups in total. The third-order valence-corrected chi connectivity index (χ3v) is 9.21. The average molecular weight is 590 g/mol. The number of nitrogens with zero attached hydrogens (tertiary/aromatic N) is 3. The number of nitriles is 1. The summed E-state index contributed by atoms with van der Waals surface area (Å²) in [4.78, 5) is 21.1. The van der Waals surface area contributed by atoms with E-state index in [-0.39, 0.29) is 22.2 Å². The van der Waals surface area contributed by atoms with E-state index in [2.05, 4.69) is 44.0 Å². The van der Waals surface area contributed by atoms with E-state index in [0.29, 0.717) is 34.7 Å². The molecule has 5 rings (SSSR count). The van der Waals surface area contributed by atoms with Gasteiger partial charge in [-0.3, -0.25) is 9.69 Å².